The van der Waals surface area contributed by atoms with Gasteiger partial charge in [-0.1, -0.05) is 12.1 Å². The molecule has 0 radical (unpaired) electrons. The molecule has 0 heterocycles. The van der Waals surface area contributed by atoms with Crippen molar-refractivity contribution in [1.82, 2.24) is 5.32 Å². The number of halogens is 1. The summed E-state index contributed by atoms with van der Waals surface area (Å²) in [5.74, 6) is -0.404. The van der Waals surface area contributed by atoms with Crippen LogP contribution in [-0.4, -0.2) is 22.4 Å². The molecule has 0 aliphatic heterocycles. The minimum Gasteiger partial charge on any atom is -0.465 e. The van der Waals surface area contributed by atoms with Crippen LogP contribution in [0.3, 0.4) is 0 Å². The third-order valence-corrected chi connectivity index (χ3v) is 1.99. The molecule has 0 bridgehead atoms. The Bertz CT molecular complexity index is 337. The quantitative estimate of drug-likeness (QED) is 0.712. The standard InChI is InChI=1S/C10H12FNO3/c1-6(13)9(12-10(14)15)7-2-4-8(11)5-3-7/h2-6,9,12-13H,1H3,(H,14,15)/t6-,9+/m1/s1. The fourth-order valence-electron chi connectivity index (χ4n) is 1.29. The Morgan fingerprint density at radius 2 is 1.93 bits per heavy atom. The van der Waals surface area contributed by atoms with Crippen molar-refractivity contribution in [1.29, 1.82) is 0 Å². The lowest BCUT2D eigenvalue weighted by molar-refractivity contribution is 0.133. The van der Waals surface area contributed by atoms with E-state index >= 15 is 0 Å². The van der Waals surface area contributed by atoms with Gasteiger partial charge in [0, 0.05) is 0 Å². The van der Waals surface area contributed by atoms with Crippen LogP contribution in [0.2, 0.25) is 0 Å². The zero-order chi connectivity index (χ0) is 11.4. The average molecular weight is 213 g/mol. The number of rotatable bonds is 3. The van der Waals surface area contributed by atoms with E-state index < -0.39 is 24.1 Å². The molecular formula is C10H12FNO3. The SMILES string of the molecule is C[C@@H](O)[C@H](NC(=O)O)c1ccc(F)cc1. The van der Waals surface area contributed by atoms with E-state index in [1.54, 1.807) is 0 Å². The van der Waals surface area contributed by atoms with Crippen LogP contribution in [0.25, 0.3) is 0 Å². The summed E-state index contributed by atoms with van der Waals surface area (Å²) in [6.07, 6.45) is -2.11. The average Bonchev–Trinajstić information content (AvgIpc) is 2.15. The summed E-state index contributed by atoms with van der Waals surface area (Å²) in [5, 5.41) is 20.1. The van der Waals surface area contributed by atoms with Crippen LogP contribution in [0.5, 0.6) is 0 Å². The Kier molecular flexibility index (Phi) is 3.62. The fourth-order valence-corrected chi connectivity index (χ4v) is 1.29. The van der Waals surface area contributed by atoms with E-state index in [4.69, 9.17) is 5.11 Å². The predicted octanol–water partition coefficient (Wildman–Crippen LogP) is 1.52. The van der Waals surface area contributed by atoms with E-state index in [0.717, 1.165) is 0 Å². The Hall–Kier alpha value is -1.62. The second-order valence-corrected chi connectivity index (χ2v) is 3.22. The molecule has 0 aliphatic carbocycles. The molecule has 1 aromatic rings. The summed E-state index contributed by atoms with van der Waals surface area (Å²) in [5.41, 5.74) is 0.522. The van der Waals surface area contributed by atoms with Gasteiger partial charge in [0.15, 0.2) is 0 Å². The van der Waals surface area contributed by atoms with Crippen molar-refractivity contribution in [3.8, 4) is 0 Å². The van der Waals surface area contributed by atoms with Crippen LogP contribution in [-0.2, 0) is 0 Å². The molecule has 1 aromatic carbocycles. The Labute approximate surface area is 86.4 Å². The lowest BCUT2D eigenvalue weighted by Crippen LogP contribution is -2.33. The van der Waals surface area contributed by atoms with E-state index in [0.29, 0.717) is 5.56 Å². The Balaban J connectivity index is 2.88. The predicted molar refractivity (Wildman–Crippen MR) is 52.0 cm³/mol. The molecule has 0 unspecified atom stereocenters. The molecule has 0 saturated heterocycles. The number of nitrogens with one attached hydrogen (secondary N) is 1. The van der Waals surface area contributed by atoms with Gasteiger partial charge in [0.25, 0.3) is 0 Å². The molecule has 5 heteroatoms. The molecule has 0 fully saturated rings. The monoisotopic (exact) mass is 213 g/mol. The van der Waals surface area contributed by atoms with Gasteiger partial charge in [-0.15, -0.1) is 0 Å². The van der Waals surface area contributed by atoms with E-state index in [-0.39, 0.29) is 0 Å². The lowest BCUT2D eigenvalue weighted by atomic mass is 10.0. The molecular weight excluding hydrogens is 201 g/mol. The number of carboxylic acid groups (broad SMARTS) is 1. The number of carbonyl (C=O) groups is 1. The molecule has 15 heavy (non-hydrogen) atoms. The molecule has 1 rings (SSSR count). The minimum atomic E-state index is -1.23. The van der Waals surface area contributed by atoms with Gasteiger partial charge >= 0.3 is 6.09 Å². The van der Waals surface area contributed by atoms with Gasteiger partial charge in [-0.25, -0.2) is 9.18 Å². The lowest BCUT2D eigenvalue weighted by Gasteiger charge is -2.20. The molecule has 4 nitrogen and oxygen atoms in total. The maximum Gasteiger partial charge on any atom is 0.405 e. The third kappa shape index (κ3) is 3.21. The van der Waals surface area contributed by atoms with Crippen molar-refractivity contribution < 1.29 is 19.4 Å². The van der Waals surface area contributed by atoms with Crippen LogP contribution in [0.15, 0.2) is 24.3 Å². The number of amides is 1. The third-order valence-electron chi connectivity index (χ3n) is 1.99. The zero-order valence-electron chi connectivity index (χ0n) is 8.14. The molecule has 2 atom stereocenters. The summed E-state index contributed by atoms with van der Waals surface area (Å²) >= 11 is 0. The van der Waals surface area contributed by atoms with Gasteiger partial charge in [0.05, 0.1) is 12.1 Å². The molecule has 0 saturated carbocycles. The minimum absolute atomic E-state index is 0.404. The molecule has 82 valence electrons. The largest absolute Gasteiger partial charge is 0.465 e. The highest BCUT2D eigenvalue weighted by Crippen LogP contribution is 2.17. The summed E-state index contributed by atoms with van der Waals surface area (Å²) in [6, 6.07) is 4.55. The van der Waals surface area contributed by atoms with Crippen molar-refractivity contribution in [2.45, 2.75) is 19.1 Å². The number of aliphatic hydroxyl groups excluding tert-OH is 1. The summed E-state index contributed by atoms with van der Waals surface area (Å²) in [7, 11) is 0. The molecule has 0 aromatic heterocycles. The highest BCUT2D eigenvalue weighted by Gasteiger charge is 2.19. The van der Waals surface area contributed by atoms with Crippen molar-refractivity contribution in [3.05, 3.63) is 35.6 Å². The maximum atomic E-state index is 12.6. The smallest absolute Gasteiger partial charge is 0.405 e. The van der Waals surface area contributed by atoms with E-state index in [2.05, 4.69) is 5.32 Å². The highest BCUT2D eigenvalue weighted by atomic mass is 19.1. The molecule has 0 aliphatic rings. The number of hydrogen-bond donors (Lipinski definition) is 3. The first-order valence-electron chi connectivity index (χ1n) is 4.43. The summed E-state index contributed by atoms with van der Waals surface area (Å²) in [6.45, 7) is 1.46. The van der Waals surface area contributed by atoms with Crippen LogP contribution < -0.4 is 5.32 Å². The van der Waals surface area contributed by atoms with Crippen molar-refractivity contribution >= 4 is 6.09 Å². The summed E-state index contributed by atoms with van der Waals surface area (Å²) in [4.78, 5) is 10.5. The van der Waals surface area contributed by atoms with Crippen LogP contribution in [0, 0.1) is 5.82 Å². The molecule has 3 N–H and O–H groups in total. The Morgan fingerprint density at radius 3 is 2.33 bits per heavy atom. The molecule has 0 spiro atoms. The first kappa shape index (κ1) is 11.5. The topological polar surface area (TPSA) is 69.6 Å². The van der Waals surface area contributed by atoms with Gasteiger partial charge in [0.1, 0.15) is 5.82 Å². The zero-order valence-corrected chi connectivity index (χ0v) is 8.14. The van der Waals surface area contributed by atoms with Gasteiger partial charge in [-0.2, -0.15) is 0 Å². The number of hydrogen-bond acceptors (Lipinski definition) is 2. The van der Waals surface area contributed by atoms with Gasteiger partial charge in [-0.05, 0) is 24.6 Å². The first-order valence-corrected chi connectivity index (χ1v) is 4.43. The van der Waals surface area contributed by atoms with Crippen molar-refractivity contribution in [2.24, 2.45) is 0 Å². The second-order valence-electron chi connectivity index (χ2n) is 3.22. The number of benzene rings is 1. The van der Waals surface area contributed by atoms with Crippen LogP contribution >= 0.6 is 0 Å². The number of aliphatic hydroxyl groups is 1. The van der Waals surface area contributed by atoms with E-state index in [1.807, 2.05) is 0 Å². The second kappa shape index (κ2) is 4.75. The molecule has 1 amide bonds. The van der Waals surface area contributed by atoms with E-state index in [1.165, 1.54) is 31.2 Å². The maximum absolute atomic E-state index is 12.6. The summed E-state index contributed by atoms with van der Waals surface area (Å²) < 4.78 is 12.6. The highest BCUT2D eigenvalue weighted by molar-refractivity contribution is 5.65. The van der Waals surface area contributed by atoms with E-state index in [9.17, 15) is 14.3 Å². The first-order chi connectivity index (χ1) is 7.00. The van der Waals surface area contributed by atoms with Crippen molar-refractivity contribution in [2.75, 3.05) is 0 Å². The fraction of sp³-hybridized carbons (Fsp3) is 0.300. The van der Waals surface area contributed by atoms with Gasteiger partial charge in [-0.3, -0.25) is 0 Å². The van der Waals surface area contributed by atoms with Crippen LogP contribution in [0.1, 0.15) is 18.5 Å². The van der Waals surface area contributed by atoms with Gasteiger partial charge in [0.2, 0.25) is 0 Å². The van der Waals surface area contributed by atoms with Crippen LogP contribution in [0.4, 0.5) is 9.18 Å². The normalized spacial score (nSPS) is 14.3. The van der Waals surface area contributed by atoms with Crippen molar-refractivity contribution in [3.63, 3.8) is 0 Å². The Morgan fingerprint density at radius 1 is 1.40 bits per heavy atom. The van der Waals surface area contributed by atoms with Gasteiger partial charge < -0.3 is 15.5 Å².